The fourth-order valence-electron chi connectivity index (χ4n) is 2.64. The highest BCUT2D eigenvalue weighted by Crippen LogP contribution is 2.20. The van der Waals surface area contributed by atoms with Gasteiger partial charge in [-0.25, -0.2) is 0 Å². The zero-order chi connectivity index (χ0) is 17.8. The molecule has 130 valence electrons. The van der Waals surface area contributed by atoms with Gasteiger partial charge in [0.15, 0.2) is 12.5 Å². The smallest absolute Gasteiger partial charge is 0.202 e. The van der Waals surface area contributed by atoms with Crippen molar-refractivity contribution in [2.75, 3.05) is 6.54 Å². The second-order valence-electron chi connectivity index (χ2n) is 5.68. The van der Waals surface area contributed by atoms with Crippen molar-refractivity contribution < 1.29 is 4.90 Å². The van der Waals surface area contributed by atoms with Gasteiger partial charge in [0, 0.05) is 25.0 Å². The molecular formula is C17H19ClN5S2+. The zero-order valence-corrected chi connectivity index (χ0v) is 16.2. The van der Waals surface area contributed by atoms with Gasteiger partial charge in [-0.05, 0) is 42.6 Å². The van der Waals surface area contributed by atoms with Crippen LogP contribution in [-0.2, 0) is 20.3 Å². The highest BCUT2D eigenvalue weighted by Gasteiger charge is 2.15. The minimum Gasteiger partial charge on any atom is -0.309 e. The lowest BCUT2D eigenvalue weighted by atomic mass is 10.2. The van der Waals surface area contributed by atoms with Gasteiger partial charge in [-0.15, -0.1) is 16.4 Å². The maximum absolute atomic E-state index is 6.04. The Hall–Kier alpha value is -1.80. The molecule has 1 atom stereocenters. The molecule has 3 aromatic rings. The topological polar surface area (TPSA) is 40.1 Å². The summed E-state index contributed by atoms with van der Waals surface area (Å²) >= 11 is 13.2. The molecule has 5 nitrogen and oxygen atoms in total. The first-order valence-electron chi connectivity index (χ1n) is 7.81. The Morgan fingerprint density at radius 3 is 2.72 bits per heavy atom. The van der Waals surface area contributed by atoms with Crippen molar-refractivity contribution in [3.05, 3.63) is 63.3 Å². The lowest BCUT2D eigenvalue weighted by Crippen LogP contribution is -3.09. The first-order valence-corrected chi connectivity index (χ1v) is 9.41. The van der Waals surface area contributed by atoms with Crippen molar-refractivity contribution >= 4 is 35.2 Å². The van der Waals surface area contributed by atoms with Crippen LogP contribution >= 0.6 is 35.2 Å². The molecule has 25 heavy (non-hydrogen) atoms. The molecule has 1 unspecified atom stereocenters. The second kappa shape index (κ2) is 8.05. The zero-order valence-electron chi connectivity index (χ0n) is 13.9. The maximum Gasteiger partial charge on any atom is 0.202 e. The van der Waals surface area contributed by atoms with Crippen molar-refractivity contribution in [2.24, 2.45) is 7.05 Å². The average Bonchev–Trinajstić information content (AvgIpc) is 3.14. The number of pyridine rings is 1. The summed E-state index contributed by atoms with van der Waals surface area (Å²) in [5.41, 5.74) is 0.998. The van der Waals surface area contributed by atoms with E-state index in [0.29, 0.717) is 11.4 Å². The van der Waals surface area contributed by atoms with Gasteiger partial charge in [-0.2, -0.15) is 4.68 Å². The van der Waals surface area contributed by atoms with Crippen molar-refractivity contribution in [2.45, 2.75) is 13.2 Å². The molecule has 0 aromatic carbocycles. The number of quaternary nitrogens is 1. The standard InChI is InChI=1S/C17H18ClN5S2/c1-3-10-22(11-14-4-5-15(18)25-14)12-23-17(24)21(2)16(20-23)13-6-8-19-9-7-13/h3-9H,1,10-12H2,2H3/p+1. The fourth-order valence-corrected chi connectivity index (χ4v) is 4.00. The number of hydrogen-bond acceptors (Lipinski definition) is 4. The number of halogens is 1. The summed E-state index contributed by atoms with van der Waals surface area (Å²) in [6.07, 6.45) is 5.43. The van der Waals surface area contributed by atoms with Crippen LogP contribution in [0.25, 0.3) is 11.4 Å². The van der Waals surface area contributed by atoms with Gasteiger partial charge >= 0.3 is 0 Å². The normalized spacial score (nSPS) is 12.2. The van der Waals surface area contributed by atoms with Gasteiger partial charge < -0.3 is 9.47 Å². The Balaban J connectivity index is 1.85. The van der Waals surface area contributed by atoms with Crippen LogP contribution < -0.4 is 4.90 Å². The van der Waals surface area contributed by atoms with Crippen LogP contribution in [0.3, 0.4) is 0 Å². The Morgan fingerprint density at radius 1 is 1.32 bits per heavy atom. The number of rotatable bonds is 7. The van der Waals surface area contributed by atoms with E-state index in [1.807, 2.05) is 40.6 Å². The van der Waals surface area contributed by atoms with Gasteiger partial charge in [0.1, 0.15) is 6.54 Å². The summed E-state index contributed by atoms with van der Waals surface area (Å²) in [5.74, 6) is 0.838. The molecule has 3 aromatic heterocycles. The predicted molar refractivity (Wildman–Crippen MR) is 104 cm³/mol. The van der Waals surface area contributed by atoms with Crippen LogP contribution in [0.1, 0.15) is 4.88 Å². The van der Waals surface area contributed by atoms with Crippen LogP contribution in [0.4, 0.5) is 0 Å². The van der Waals surface area contributed by atoms with E-state index in [-0.39, 0.29) is 0 Å². The molecular weight excluding hydrogens is 374 g/mol. The third kappa shape index (κ3) is 4.24. The molecule has 0 spiro atoms. The third-order valence-electron chi connectivity index (χ3n) is 3.84. The van der Waals surface area contributed by atoms with Crippen LogP contribution in [0, 0.1) is 4.77 Å². The first-order chi connectivity index (χ1) is 12.1. The predicted octanol–water partition coefficient (Wildman–Crippen LogP) is 2.96. The Morgan fingerprint density at radius 2 is 2.08 bits per heavy atom. The molecule has 8 heteroatoms. The minimum absolute atomic E-state index is 0.666. The Kier molecular flexibility index (Phi) is 5.80. The van der Waals surface area contributed by atoms with Crippen molar-refractivity contribution in [3.63, 3.8) is 0 Å². The molecule has 1 N–H and O–H groups in total. The molecule has 0 radical (unpaired) electrons. The van der Waals surface area contributed by atoms with E-state index in [4.69, 9.17) is 28.9 Å². The largest absolute Gasteiger partial charge is 0.309 e. The minimum atomic E-state index is 0.666. The molecule has 0 fully saturated rings. The molecule has 0 saturated carbocycles. The lowest BCUT2D eigenvalue weighted by Gasteiger charge is -2.16. The molecule has 0 saturated heterocycles. The van der Waals surface area contributed by atoms with Crippen LogP contribution in [0.15, 0.2) is 49.3 Å². The van der Waals surface area contributed by atoms with E-state index >= 15 is 0 Å². The van der Waals surface area contributed by atoms with Gasteiger partial charge in [0.25, 0.3) is 0 Å². The Labute approximate surface area is 160 Å². The number of hydrogen-bond donors (Lipinski definition) is 1. The lowest BCUT2D eigenvalue weighted by molar-refractivity contribution is -0.931. The van der Waals surface area contributed by atoms with E-state index in [9.17, 15) is 0 Å². The van der Waals surface area contributed by atoms with Gasteiger partial charge in [0.05, 0.1) is 15.8 Å². The maximum atomic E-state index is 6.04. The van der Waals surface area contributed by atoms with Crippen molar-refractivity contribution in [1.82, 2.24) is 19.3 Å². The molecule has 3 heterocycles. The van der Waals surface area contributed by atoms with Gasteiger partial charge in [-0.1, -0.05) is 18.2 Å². The molecule has 0 amide bonds. The highest BCUT2D eigenvalue weighted by atomic mass is 35.5. The summed E-state index contributed by atoms with van der Waals surface area (Å²) in [6, 6.07) is 7.87. The molecule has 3 rings (SSSR count). The SMILES string of the molecule is C=CC[NH+](Cc1ccc(Cl)s1)Cn1nc(-c2ccncc2)n(C)c1=S. The fraction of sp³-hybridized carbons (Fsp3) is 0.235. The van der Waals surface area contributed by atoms with Gasteiger partial charge in [0.2, 0.25) is 4.77 Å². The van der Waals surface area contributed by atoms with Crippen LogP contribution in [0.2, 0.25) is 4.34 Å². The van der Waals surface area contributed by atoms with E-state index in [1.54, 1.807) is 23.7 Å². The van der Waals surface area contributed by atoms with E-state index < -0.39 is 0 Å². The molecule has 0 aliphatic heterocycles. The quantitative estimate of drug-likeness (QED) is 0.496. The Bertz CT molecular complexity index is 913. The molecule has 0 bridgehead atoms. The summed E-state index contributed by atoms with van der Waals surface area (Å²) in [7, 11) is 1.94. The van der Waals surface area contributed by atoms with E-state index in [0.717, 1.165) is 28.8 Å². The first kappa shape index (κ1) is 18.0. The number of thiophene rings is 1. The van der Waals surface area contributed by atoms with Crippen molar-refractivity contribution in [1.29, 1.82) is 0 Å². The third-order valence-corrected chi connectivity index (χ3v) is 5.55. The number of nitrogens with one attached hydrogen (secondary N) is 1. The average molecular weight is 393 g/mol. The van der Waals surface area contributed by atoms with E-state index in [2.05, 4.69) is 17.6 Å². The van der Waals surface area contributed by atoms with Crippen molar-refractivity contribution in [3.8, 4) is 11.4 Å². The van der Waals surface area contributed by atoms with Crippen LogP contribution in [0.5, 0.6) is 0 Å². The highest BCUT2D eigenvalue weighted by molar-refractivity contribution is 7.71. The summed E-state index contributed by atoms with van der Waals surface area (Å²) in [5, 5.41) is 4.72. The van der Waals surface area contributed by atoms with Crippen LogP contribution in [-0.4, -0.2) is 25.9 Å². The molecule has 0 aliphatic rings. The van der Waals surface area contributed by atoms with E-state index in [1.165, 1.54) is 9.78 Å². The second-order valence-corrected chi connectivity index (χ2v) is 7.85. The summed E-state index contributed by atoms with van der Waals surface area (Å²) in [4.78, 5) is 6.59. The number of aromatic nitrogens is 4. The number of nitrogens with zero attached hydrogens (tertiary/aromatic N) is 4. The van der Waals surface area contributed by atoms with Gasteiger partial charge in [-0.3, -0.25) is 4.98 Å². The summed E-state index contributed by atoms with van der Waals surface area (Å²) < 4.78 is 5.30. The monoisotopic (exact) mass is 392 g/mol. The molecule has 0 aliphatic carbocycles. The summed E-state index contributed by atoms with van der Waals surface area (Å²) in [6.45, 7) is 6.21.